The average Bonchev–Trinajstić information content (AvgIpc) is 2.94. The highest BCUT2D eigenvalue weighted by molar-refractivity contribution is 7.98. The van der Waals surface area contributed by atoms with Crippen molar-refractivity contribution in [3.05, 3.63) is 70.0 Å². The van der Waals surface area contributed by atoms with Crippen molar-refractivity contribution in [2.24, 2.45) is 0 Å². The smallest absolute Gasteiger partial charge is 0.294 e. The Hall–Kier alpha value is -2.80. The third-order valence-electron chi connectivity index (χ3n) is 3.43. The molecule has 0 saturated heterocycles. The molecule has 3 aromatic heterocycles. The van der Waals surface area contributed by atoms with E-state index in [1.165, 1.54) is 18.0 Å². The minimum absolute atomic E-state index is 0.221. The molecule has 0 bridgehead atoms. The SMILES string of the molecule is O=c1[nH]c(CSc2cccc[n+]2[O-])nc2c1oc1ccccc12. The Balaban J connectivity index is 1.75. The number of benzene rings is 1. The van der Waals surface area contributed by atoms with Crippen LogP contribution >= 0.6 is 11.8 Å². The lowest BCUT2D eigenvalue weighted by molar-refractivity contribution is -0.645. The van der Waals surface area contributed by atoms with Gasteiger partial charge in [0.15, 0.2) is 6.20 Å². The maximum Gasteiger partial charge on any atom is 0.294 e. The highest BCUT2D eigenvalue weighted by Crippen LogP contribution is 2.25. The van der Waals surface area contributed by atoms with E-state index in [0.29, 0.717) is 27.7 Å². The Morgan fingerprint density at radius 2 is 2.04 bits per heavy atom. The second-order valence-corrected chi connectivity index (χ2v) is 5.94. The second-order valence-electron chi connectivity index (χ2n) is 4.94. The van der Waals surface area contributed by atoms with Gasteiger partial charge in [-0.1, -0.05) is 12.1 Å². The zero-order chi connectivity index (χ0) is 15.8. The highest BCUT2D eigenvalue weighted by atomic mass is 32.2. The number of H-pyrrole nitrogens is 1. The molecule has 0 saturated carbocycles. The van der Waals surface area contributed by atoms with Crippen molar-refractivity contribution in [3.63, 3.8) is 0 Å². The number of rotatable bonds is 3. The van der Waals surface area contributed by atoms with Gasteiger partial charge in [-0.3, -0.25) is 4.79 Å². The summed E-state index contributed by atoms with van der Waals surface area (Å²) >= 11 is 1.31. The highest BCUT2D eigenvalue weighted by Gasteiger charge is 2.14. The topological polar surface area (TPSA) is 85.8 Å². The fourth-order valence-electron chi connectivity index (χ4n) is 2.38. The van der Waals surface area contributed by atoms with Crippen molar-refractivity contribution in [1.82, 2.24) is 9.97 Å². The van der Waals surface area contributed by atoms with Gasteiger partial charge in [0.25, 0.3) is 10.6 Å². The maximum absolute atomic E-state index is 12.2. The summed E-state index contributed by atoms with van der Waals surface area (Å²) in [5.74, 6) is 0.889. The summed E-state index contributed by atoms with van der Waals surface area (Å²) in [7, 11) is 0. The summed E-state index contributed by atoms with van der Waals surface area (Å²) in [5.41, 5.74) is 1.08. The Labute approximate surface area is 134 Å². The molecule has 0 aliphatic carbocycles. The first-order chi connectivity index (χ1) is 11.2. The van der Waals surface area contributed by atoms with E-state index < -0.39 is 0 Å². The molecular weight excluding hydrogens is 314 g/mol. The molecule has 23 heavy (non-hydrogen) atoms. The van der Waals surface area contributed by atoms with Crippen molar-refractivity contribution in [2.45, 2.75) is 10.8 Å². The number of thioether (sulfide) groups is 1. The zero-order valence-corrected chi connectivity index (χ0v) is 12.7. The van der Waals surface area contributed by atoms with Gasteiger partial charge in [0.1, 0.15) is 16.9 Å². The summed E-state index contributed by atoms with van der Waals surface area (Å²) in [5, 5.41) is 13.0. The lowest BCUT2D eigenvalue weighted by Crippen LogP contribution is -2.27. The predicted octanol–water partition coefficient (Wildman–Crippen LogP) is 2.60. The van der Waals surface area contributed by atoms with Crippen LogP contribution < -0.4 is 10.3 Å². The summed E-state index contributed by atoms with van der Waals surface area (Å²) in [6.07, 6.45) is 1.44. The number of fused-ring (bicyclic) bond motifs is 3. The molecule has 7 heteroatoms. The minimum atomic E-state index is -0.315. The van der Waals surface area contributed by atoms with E-state index in [-0.39, 0.29) is 11.1 Å². The molecule has 0 aliphatic heterocycles. The molecule has 1 aromatic carbocycles. The van der Waals surface area contributed by atoms with Gasteiger partial charge in [-0.25, -0.2) is 4.98 Å². The van der Waals surface area contributed by atoms with Crippen molar-refractivity contribution in [3.8, 4) is 0 Å². The number of pyridine rings is 1. The van der Waals surface area contributed by atoms with E-state index in [1.807, 2.05) is 18.2 Å². The Morgan fingerprint density at radius 1 is 1.22 bits per heavy atom. The van der Waals surface area contributed by atoms with E-state index in [1.54, 1.807) is 24.3 Å². The maximum atomic E-state index is 12.2. The number of aromatic amines is 1. The van der Waals surface area contributed by atoms with Gasteiger partial charge in [0.05, 0.1) is 5.75 Å². The van der Waals surface area contributed by atoms with Gasteiger partial charge in [-0.2, -0.15) is 4.73 Å². The number of hydrogen-bond acceptors (Lipinski definition) is 5. The normalized spacial score (nSPS) is 11.3. The monoisotopic (exact) mass is 325 g/mol. The van der Waals surface area contributed by atoms with Gasteiger partial charge in [-0.15, -0.1) is 0 Å². The number of para-hydroxylation sites is 1. The quantitative estimate of drug-likeness (QED) is 0.355. The molecular formula is C16H11N3O3S. The lowest BCUT2D eigenvalue weighted by Gasteiger charge is -2.03. The van der Waals surface area contributed by atoms with Crippen molar-refractivity contribution in [1.29, 1.82) is 0 Å². The Morgan fingerprint density at radius 3 is 2.91 bits per heavy atom. The average molecular weight is 325 g/mol. The molecule has 0 atom stereocenters. The molecule has 0 spiro atoms. The summed E-state index contributed by atoms with van der Waals surface area (Å²) in [6, 6.07) is 12.6. The van der Waals surface area contributed by atoms with Crippen LogP contribution in [0.4, 0.5) is 0 Å². The fourth-order valence-corrected chi connectivity index (χ4v) is 3.17. The molecule has 114 valence electrons. The van der Waals surface area contributed by atoms with Gasteiger partial charge in [-0.05, 0) is 30.0 Å². The standard InChI is InChI=1S/C16H11N3O3S/c20-16-15-14(10-5-1-2-6-11(10)22-15)17-12(18-16)9-23-13-7-3-4-8-19(13)21/h1-8H,9H2,(H,17,18,20). The van der Waals surface area contributed by atoms with E-state index in [2.05, 4.69) is 9.97 Å². The molecule has 0 amide bonds. The fraction of sp³-hybridized carbons (Fsp3) is 0.0625. The first kappa shape index (κ1) is 13.8. The van der Waals surface area contributed by atoms with Crippen LogP contribution in [0.15, 0.2) is 62.9 Å². The molecule has 4 aromatic rings. The van der Waals surface area contributed by atoms with Gasteiger partial charge in [0, 0.05) is 17.5 Å². The first-order valence-corrected chi connectivity index (χ1v) is 7.92. The lowest BCUT2D eigenvalue weighted by atomic mass is 10.2. The molecule has 6 nitrogen and oxygen atoms in total. The van der Waals surface area contributed by atoms with Crippen LogP contribution in [0, 0.1) is 5.21 Å². The summed E-state index contributed by atoms with van der Waals surface area (Å²) in [6.45, 7) is 0. The van der Waals surface area contributed by atoms with E-state index in [0.717, 1.165) is 10.1 Å². The Kier molecular flexibility index (Phi) is 3.27. The van der Waals surface area contributed by atoms with Gasteiger partial charge in [0.2, 0.25) is 5.58 Å². The molecule has 1 N–H and O–H groups in total. The predicted molar refractivity (Wildman–Crippen MR) is 87.1 cm³/mol. The van der Waals surface area contributed by atoms with E-state index >= 15 is 0 Å². The zero-order valence-electron chi connectivity index (χ0n) is 11.9. The molecule has 4 rings (SSSR count). The Bertz CT molecular complexity index is 1070. The minimum Gasteiger partial charge on any atom is -0.618 e. The van der Waals surface area contributed by atoms with E-state index in [9.17, 15) is 10.0 Å². The van der Waals surface area contributed by atoms with Gasteiger partial charge >= 0.3 is 0 Å². The second kappa shape index (κ2) is 5.44. The third-order valence-corrected chi connectivity index (χ3v) is 4.46. The third kappa shape index (κ3) is 2.44. The summed E-state index contributed by atoms with van der Waals surface area (Å²) in [4.78, 5) is 19.4. The molecule has 0 aliphatic rings. The molecule has 3 heterocycles. The molecule has 0 unspecified atom stereocenters. The first-order valence-electron chi connectivity index (χ1n) is 6.94. The molecule has 0 fully saturated rings. The van der Waals surface area contributed by atoms with Crippen LogP contribution in [-0.4, -0.2) is 9.97 Å². The molecule has 0 radical (unpaired) electrons. The van der Waals surface area contributed by atoms with Crippen molar-refractivity contribution < 1.29 is 9.15 Å². The largest absolute Gasteiger partial charge is 0.618 e. The van der Waals surface area contributed by atoms with Crippen molar-refractivity contribution >= 4 is 33.8 Å². The van der Waals surface area contributed by atoms with E-state index in [4.69, 9.17) is 4.42 Å². The number of hydrogen-bond donors (Lipinski definition) is 1. The van der Waals surface area contributed by atoms with Crippen LogP contribution in [0.25, 0.3) is 22.1 Å². The summed E-state index contributed by atoms with van der Waals surface area (Å²) < 4.78 is 6.34. The van der Waals surface area contributed by atoms with Gasteiger partial charge < -0.3 is 14.6 Å². The number of aromatic nitrogens is 3. The van der Waals surface area contributed by atoms with Crippen LogP contribution in [-0.2, 0) is 5.75 Å². The van der Waals surface area contributed by atoms with Crippen molar-refractivity contribution in [2.75, 3.05) is 0 Å². The van der Waals surface area contributed by atoms with Crippen LogP contribution in [0.5, 0.6) is 0 Å². The number of nitrogens with one attached hydrogen (secondary N) is 1. The van der Waals surface area contributed by atoms with Crippen LogP contribution in [0.1, 0.15) is 5.82 Å². The number of furan rings is 1. The van der Waals surface area contributed by atoms with Crippen LogP contribution in [0.2, 0.25) is 0 Å². The van der Waals surface area contributed by atoms with Crippen LogP contribution in [0.3, 0.4) is 0 Å². The number of nitrogens with zero attached hydrogens (tertiary/aromatic N) is 2.